The van der Waals surface area contributed by atoms with Crippen LogP contribution in [-0.2, 0) is 0 Å². The SMILES string of the molecule is C=C(C)C(CC)CCC(C)CC(C)C. The normalized spacial score (nSPS) is 15.6. The lowest BCUT2D eigenvalue weighted by atomic mass is 9.87. The van der Waals surface area contributed by atoms with Crippen LogP contribution in [0.25, 0.3) is 0 Å². The largest absolute Gasteiger partial charge is 0.0999 e. The molecule has 0 N–H and O–H groups in total. The van der Waals surface area contributed by atoms with Gasteiger partial charge in [0.15, 0.2) is 0 Å². The molecule has 0 amide bonds. The van der Waals surface area contributed by atoms with Crippen molar-refractivity contribution in [1.82, 2.24) is 0 Å². The maximum atomic E-state index is 4.07. The summed E-state index contributed by atoms with van der Waals surface area (Å²) >= 11 is 0. The fourth-order valence-electron chi connectivity index (χ4n) is 2.21. The third kappa shape index (κ3) is 6.23. The van der Waals surface area contributed by atoms with Crippen molar-refractivity contribution in [2.24, 2.45) is 17.8 Å². The van der Waals surface area contributed by atoms with Crippen molar-refractivity contribution in [3.05, 3.63) is 12.2 Å². The molecule has 2 unspecified atom stereocenters. The molecule has 0 aliphatic heterocycles. The highest BCUT2D eigenvalue weighted by molar-refractivity contribution is 4.95. The maximum Gasteiger partial charge on any atom is -0.0211 e. The van der Waals surface area contributed by atoms with Gasteiger partial charge in [-0.05, 0) is 43.9 Å². The van der Waals surface area contributed by atoms with Crippen molar-refractivity contribution in [3.63, 3.8) is 0 Å². The summed E-state index contributed by atoms with van der Waals surface area (Å²) in [7, 11) is 0. The van der Waals surface area contributed by atoms with E-state index in [2.05, 4.69) is 41.2 Å². The monoisotopic (exact) mass is 196 g/mol. The molecule has 0 aromatic rings. The molecule has 0 aromatic heterocycles. The van der Waals surface area contributed by atoms with Crippen LogP contribution in [0.1, 0.15) is 60.3 Å². The van der Waals surface area contributed by atoms with Crippen LogP contribution in [0.4, 0.5) is 0 Å². The molecule has 0 radical (unpaired) electrons. The summed E-state index contributed by atoms with van der Waals surface area (Å²) in [6.07, 6.45) is 5.32. The fraction of sp³-hybridized carbons (Fsp3) is 0.857. The molecule has 0 saturated carbocycles. The van der Waals surface area contributed by atoms with Crippen LogP contribution in [0.2, 0.25) is 0 Å². The molecule has 0 bridgehead atoms. The molecule has 0 aliphatic rings. The van der Waals surface area contributed by atoms with Gasteiger partial charge < -0.3 is 0 Å². The van der Waals surface area contributed by atoms with Gasteiger partial charge in [-0.25, -0.2) is 0 Å². The van der Waals surface area contributed by atoms with Crippen molar-refractivity contribution in [3.8, 4) is 0 Å². The van der Waals surface area contributed by atoms with Crippen LogP contribution in [0.5, 0.6) is 0 Å². The minimum atomic E-state index is 0.754. The van der Waals surface area contributed by atoms with Gasteiger partial charge in [-0.3, -0.25) is 0 Å². The standard InChI is InChI=1S/C14H28/c1-7-14(12(4)5)9-8-13(6)10-11(2)3/h11,13-14H,4,7-10H2,1-3,5-6H3. The topological polar surface area (TPSA) is 0 Å². The first-order valence-corrected chi connectivity index (χ1v) is 6.12. The highest BCUT2D eigenvalue weighted by Crippen LogP contribution is 2.24. The number of allylic oxidation sites excluding steroid dienone is 1. The molecule has 14 heavy (non-hydrogen) atoms. The molecule has 0 nitrogen and oxygen atoms in total. The average molecular weight is 196 g/mol. The van der Waals surface area contributed by atoms with Crippen molar-refractivity contribution in [2.45, 2.75) is 60.3 Å². The third-order valence-electron chi connectivity index (χ3n) is 3.07. The molecule has 0 aliphatic carbocycles. The van der Waals surface area contributed by atoms with Gasteiger partial charge >= 0.3 is 0 Å². The van der Waals surface area contributed by atoms with Gasteiger partial charge in [0.2, 0.25) is 0 Å². The lowest BCUT2D eigenvalue weighted by molar-refractivity contribution is 0.376. The average Bonchev–Trinajstić information content (AvgIpc) is 2.03. The first-order valence-electron chi connectivity index (χ1n) is 6.12. The first-order chi connectivity index (χ1) is 6.47. The Labute approximate surface area is 90.8 Å². The van der Waals surface area contributed by atoms with Crippen molar-refractivity contribution in [1.29, 1.82) is 0 Å². The van der Waals surface area contributed by atoms with Crippen molar-refractivity contribution in [2.75, 3.05) is 0 Å². The van der Waals surface area contributed by atoms with E-state index in [1.807, 2.05) is 0 Å². The molecular formula is C14H28. The zero-order valence-corrected chi connectivity index (χ0v) is 10.8. The Kier molecular flexibility index (Phi) is 6.96. The molecule has 0 fully saturated rings. The van der Waals surface area contributed by atoms with Crippen LogP contribution >= 0.6 is 0 Å². The van der Waals surface area contributed by atoms with Gasteiger partial charge in [-0.15, -0.1) is 0 Å². The summed E-state index contributed by atoms with van der Waals surface area (Å²) in [6, 6.07) is 0. The Hall–Kier alpha value is -0.260. The Balaban J connectivity index is 3.73. The molecule has 2 atom stereocenters. The Morgan fingerprint density at radius 1 is 1.14 bits per heavy atom. The summed E-state index contributed by atoms with van der Waals surface area (Å²) in [4.78, 5) is 0. The fourth-order valence-corrected chi connectivity index (χ4v) is 2.21. The second kappa shape index (κ2) is 7.09. The van der Waals surface area contributed by atoms with Gasteiger partial charge in [-0.2, -0.15) is 0 Å². The van der Waals surface area contributed by atoms with Crippen LogP contribution in [0.15, 0.2) is 12.2 Å². The molecule has 0 heteroatoms. The zero-order chi connectivity index (χ0) is 11.1. The summed E-state index contributed by atoms with van der Waals surface area (Å²) in [5, 5.41) is 0. The smallest absolute Gasteiger partial charge is 0.0211 e. The van der Waals surface area contributed by atoms with Crippen LogP contribution in [0.3, 0.4) is 0 Å². The van der Waals surface area contributed by atoms with Gasteiger partial charge in [-0.1, -0.05) is 46.3 Å². The van der Waals surface area contributed by atoms with Crippen LogP contribution < -0.4 is 0 Å². The lowest BCUT2D eigenvalue weighted by Crippen LogP contribution is -2.05. The van der Waals surface area contributed by atoms with E-state index in [1.165, 1.54) is 31.3 Å². The van der Waals surface area contributed by atoms with E-state index in [9.17, 15) is 0 Å². The highest BCUT2D eigenvalue weighted by Gasteiger charge is 2.10. The third-order valence-corrected chi connectivity index (χ3v) is 3.07. The van der Waals surface area contributed by atoms with Crippen molar-refractivity contribution < 1.29 is 0 Å². The van der Waals surface area contributed by atoms with E-state index >= 15 is 0 Å². The van der Waals surface area contributed by atoms with Crippen molar-refractivity contribution >= 4 is 0 Å². The van der Waals surface area contributed by atoms with E-state index in [0.717, 1.165) is 17.8 Å². The lowest BCUT2D eigenvalue weighted by Gasteiger charge is -2.19. The zero-order valence-electron chi connectivity index (χ0n) is 10.8. The maximum absolute atomic E-state index is 4.07. The van der Waals surface area contributed by atoms with Gasteiger partial charge in [0.25, 0.3) is 0 Å². The molecule has 0 saturated heterocycles. The Morgan fingerprint density at radius 3 is 2.07 bits per heavy atom. The van der Waals surface area contributed by atoms with Crippen LogP contribution in [0, 0.1) is 17.8 Å². The highest BCUT2D eigenvalue weighted by atomic mass is 14.2. The molecule has 0 aromatic carbocycles. The van der Waals surface area contributed by atoms with E-state index in [0.29, 0.717) is 0 Å². The van der Waals surface area contributed by atoms with Gasteiger partial charge in [0, 0.05) is 0 Å². The van der Waals surface area contributed by atoms with Gasteiger partial charge in [0.1, 0.15) is 0 Å². The second-order valence-electron chi connectivity index (χ2n) is 5.26. The first kappa shape index (κ1) is 13.7. The molecule has 0 rings (SSSR count). The Morgan fingerprint density at radius 2 is 1.71 bits per heavy atom. The number of hydrogen-bond acceptors (Lipinski definition) is 0. The minimum absolute atomic E-state index is 0.754. The summed E-state index contributed by atoms with van der Waals surface area (Å²) in [5.41, 5.74) is 1.37. The van der Waals surface area contributed by atoms with E-state index < -0.39 is 0 Å². The summed E-state index contributed by atoms with van der Waals surface area (Å²) in [6.45, 7) is 15.5. The Bertz CT molecular complexity index is 155. The minimum Gasteiger partial charge on any atom is -0.0999 e. The van der Waals surface area contributed by atoms with E-state index in [4.69, 9.17) is 0 Å². The predicted octanol–water partition coefficient (Wildman–Crippen LogP) is 5.05. The number of hydrogen-bond donors (Lipinski definition) is 0. The molecular weight excluding hydrogens is 168 g/mol. The summed E-state index contributed by atoms with van der Waals surface area (Å²) < 4.78 is 0. The quantitative estimate of drug-likeness (QED) is 0.500. The summed E-state index contributed by atoms with van der Waals surface area (Å²) in [5.74, 6) is 2.47. The van der Waals surface area contributed by atoms with E-state index in [1.54, 1.807) is 0 Å². The van der Waals surface area contributed by atoms with E-state index in [-0.39, 0.29) is 0 Å². The molecule has 0 spiro atoms. The second-order valence-corrected chi connectivity index (χ2v) is 5.26. The number of rotatable bonds is 7. The van der Waals surface area contributed by atoms with Crippen LogP contribution in [-0.4, -0.2) is 0 Å². The van der Waals surface area contributed by atoms with Gasteiger partial charge in [0.05, 0.1) is 0 Å². The predicted molar refractivity (Wildman–Crippen MR) is 66.4 cm³/mol. The molecule has 84 valence electrons. The molecule has 0 heterocycles.